The monoisotopic (exact) mass is 383 g/mol. The minimum atomic E-state index is -3.78. The third kappa shape index (κ3) is 3.81. The Labute approximate surface area is 149 Å². The summed E-state index contributed by atoms with van der Waals surface area (Å²) in [4.78, 5) is 17.7. The molecule has 0 aliphatic carbocycles. The van der Waals surface area contributed by atoms with E-state index in [0.717, 1.165) is 6.07 Å². The Kier molecular flexibility index (Phi) is 5.03. The van der Waals surface area contributed by atoms with E-state index in [2.05, 4.69) is 4.98 Å². The standard InChI is InChI=1S/C16H15ClFN3O3S/c17-15-5-4-12(11-19-15)16(22)20-6-8-21(9-7-20)25(23,24)14-3-1-2-13(18)10-14/h1-5,10-11H,6-9H2. The SMILES string of the molecule is O=C(c1ccc(Cl)nc1)N1CCN(S(=O)(=O)c2cccc(F)c2)CC1. The maximum Gasteiger partial charge on any atom is 0.255 e. The van der Waals surface area contributed by atoms with Crippen molar-refractivity contribution < 1.29 is 17.6 Å². The first-order chi connectivity index (χ1) is 11.9. The lowest BCUT2D eigenvalue weighted by molar-refractivity contribution is 0.0697. The molecule has 3 rings (SSSR count). The van der Waals surface area contributed by atoms with Crippen LogP contribution in [0.25, 0.3) is 0 Å². The van der Waals surface area contributed by atoms with Crippen molar-refractivity contribution >= 4 is 27.5 Å². The van der Waals surface area contributed by atoms with E-state index in [4.69, 9.17) is 11.6 Å². The lowest BCUT2D eigenvalue weighted by Gasteiger charge is -2.34. The predicted octanol–water partition coefficient (Wildman–Crippen LogP) is 2.02. The third-order valence-corrected chi connectivity index (χ3v) is 6.05. The van der Waals surface area contributed by atoms with Crippen molar-refractivity contribution in [3.63, 3.8) is 0 Å². The summed E-state index contributed by atoms with van der Waals surface area (Å²) in [5.41, 5.74) is 0.394. The van der Waals surface area contributed by atoms with Crippen molar-refractivity contribution in [1.82, 2.24) is 14.2 Å². The molecule has 0 radical (unpaired) electrons. The highest BCUT2D eigenvalue weighted by molar-refractivity contribution is 7.89. The fourth-order valence-electron chi connectivity index (χ4n) is 2.59. The van der Waals surface area contributed by atoms with Gasteiger partial charge < -0.3 is 4.90 Å². The Balaban J connectivity index is 1.69. The number of rotatable bonds is 3. The highest BCUT2D eigenvalue weighted by Gasteiger charge is 2.30. The molecule has 0 atom stereocenters. The maximum atomic E-state index is 13.3. The topological polar surface area (TPSA) is 70.6 Å². The molecule has 132 valence electrons. The molecular weight excluding hydrogens is 369 g/mol. The molecule has 0 spiro atoms. The number of hydrogen-bond acceptors (Lipinski definition) is 4. The van der Waals surface area contributed by atoms with Gasteiger partial charge in [-0.3, -0.25) is 4.79 Å². The lowest BCUT2D eigenvalue weighted by Crippen LogP contribution is -2.50. The summed E-state index contributed by atoms with van der Waals surface area (Å²) in [7, 11) is -3.78. The van der Waals surface area contributed by atoms with E-state index >= 15 is 0 Å². The molecule has 0 N–H and O–H groups in total. The van der Waals surface area contributed by atoms with Crippen LogP contribution in [0.4, 0.5) is 4.39 Å². The van der Waals surface area contributed by atoms with Crippen LogP contribution >= 0.6 is 11.6 Å². The summed E-state index contributed by atoms with van der Waals surface area (Å²) < 4.78 is 39.7. The number of pyridine rings is 1. The zero-order chi connectivity index (χ0) is 18.0. The van der Waals surface area contributed by atoms with Crippen molar-refractivity contribution in [1.29, 1.82) is 0 Å². The van der Waals surface area contributed by atoms with Crippen LogP contribution in [0.3, 0.4) is 0 Å². The number of aromatic nitrogens is 1. The number of halogens is 2. The Bertz CT molecular complexity index is 882. The van der Waals surface area contributed by atoms with Crippen molar-refractivity contribution in [2.24, 2.45) is 0 Å². The van der Waals surface area contributed by atoms with Gasteiger partial charge in [-0.25, -0.2) is 17.8 Å². The first-order valence-electron chi connectivity index (χ1n) is 7.54. The number of carbonyl (C=O) groups is 1. The summed E-state index contributed by atoms with van der Waals surface area (Å²) in [6.07, 6.45) is 1.39. The highest BCUT2D eigenvalue weighted by atomic mass is 35.5. The fraction of sp³-hybridized carbons (Fsp3) is 0.250. The van der Waals surface area contributed by atoms with Gasteiger partial charge in [0.1, 0.15) is 11.0 Å². The molecule has 1 aromatic heterocycles. The van der Waals surface area contributed by atoms with Crippen LogP contribution in [-0.4, -0.2) is 54.7 Å². The Hall–Kier alpha value is -2.03. The van der Waals surface area contributed by atoms with Gasteiger partial charge in [0.2, 0.25) is 10.0 Å². The van der Waals surface area contributed by atoms with Crippen LogP contribution in [0.5, 0.6) is 0 Å². The molecule has 0 bridgehead atoms. The van der Waals surface area contributed by atoms with Gasteiger partial charge in [0.15, 0.2) is 0 Å². The average molecular weight is 384 g/mol. The first-order valence-corrected chi connectivity index (χ1v) is 9.36. The second-order valence-corrected chi connectivity index (χ2v) is 7.85. The van der Waals surface area contributed by atoms with Crippen LogP contribution in [0.1, 0.15) is 10.4 Å². The van der Waals surface area contributed by atoms with E-state index in [1.807, 2.05) is 0 Å². The van der Waals surface area contributed by atoms with Gasteiger partial charge in [-0.15, -0.1) is 0 Å². The van der Waals surface area contributed by atoms with E-state index in [1.165, 1.54) is 34.8 Å². The summed E-state index contributed by atoms with van der Waals surface area (Å²) in [6, 6.07) is 8.00. The summed E-state index contributed by atoms with van der Waals surface area (Å²) in [6.45, 7) is 0.781. The molecule has 1 saturated heterocycles. The molecule has 1 aliphatic heterocycles. The van der Waals surface area contributed by atoms with Crippen LogP contribution in [0, 0.1) is 5.82 Å². The number of amides is 1. The largest absolute Gasteiger partial charge is 0.336 e. The third-order valence-electron chi connectivity index (χ3n) is 3.93. The molecule has 0 saturated carbocycles. The van der Waals surface area contributed by atoms with Crippen LogP contribution in [0.2, 0.25) is 5.15 Å². The van der Waals surface area contributed by atoms with Gasteiger partial charge in [-0.2, -0.15) is 4.31 Å². The molecule has 1 amide bonds. The molecule has 2 aromatic rings. The lowest BCUT2D eigenvalue weighted by atomic mass is 10.2. The quantitative estimate of drug-likeness (QED) is 0.760. The van der Waals surface area contributed by atoms with Gasteiger partial charge in [-0.1, -0.05) is 17.7 Å². The van der Waals surface area contributed by atoms with E-state index in [1.54, 1.807) is 11.0 Å². The molecule has 0 unspecified atom stereocenters. The van der Waals surface area contributed by atoms with Crippen molar-refractivity contribution in [3.8, 4) is 0 Å². The average Bonchev–Trinajstić information content (AvgIpc) is 2.62. The van der Waals surface area contributed by atoms with Crippen molar-refractivity contribution in [2.75, 3.05) is 26.2 Å². The number of sulfonamides is 1. The molecule has 1 fully saturated rings. The van der Waals surface area contributed by atoms with E-state index < -0.39 is 15.8 Å². The van der Waals surface area contributed by atoms with Gasteiger partial charge in [0.25, 0.3) is 5.91 Å². The molecule has 2 heterocycles. The number of hydrogen-bond donors (Lipinski definition) is 0. The summed E-state index contributed by atoms with van der Waals surface area (Å²) >= 11 is 5.70. The van der Waals surface area contributed by atoms with Gasteiger partial charge in [-0.05, 0) is 30.3 Å². The minimum absolute atomic E-state index is 0.0887. The van der Waals surface area contributed by atoms with Crippen molar-refractivity contribution in [2.45, 2.75) is 4.90 Å². The molecule has 1 aliphatic rings. The Morgan fingerprint density at radius 3 is 2.44 bits per heavy atom. The molecule has 9 heteroatoms. The summed E-state index contributed by atoms with van der Waals surface area (Å²) in [5, 5.41) is 0.294. The first kappa shape index (κ1) is 17.8. The van der Waals surface area contributed by atoms with E-state index in [0.29, 0.717) is 10.7 Å². The second-order valence-electron chi connectivity index (χ2n) is 5.52. The van der Waals surface area contributed by atoms with Gasteiger partial charge in [0.05, 0.1) is 10.5 Å². The minimum Gasteiger partial charge on any atom is -0.336 e. The highest BCUT2D eigenvalue weighted by Crippen LogP contribution is 2.19. The second kappa shape index (κ2) is 7.07. The Morgan fingerprint density at radius 1 is 1.12 bits per heavy atom. The molecular formula is C16H15ClFN3O3S. The van der Waals surface area contributed by atoms with E-state index in [9.17, 15) is 17.6 Å². The Morgan fingerprint density at radius 2 is 1.84 bits per heavy atom. The number of benzene rings is 1. The van der Waals surface area contributed by atoms with Crippen molar-refractivity contribution in [3.05, 3.63) is 59.1 Å². The zero-order valence-corrected chi connectivity index (χ0v) is 14.7. The zero-order valence-electron chi connectivity index (χ0n) is 13.1. The number of carbonyl (C=O) groups excluding carboxylic acids is 1. The van der Waals surface area contributed by atoms with Crippen LogP contribution in [0.15, 0.2) is 47.5 Å². The number of nitrogens with zero attached hydrogens (tertiary/aromatic N) is 3. The van der Waals surface area contributed by atoms with Gasteiger partial charge >= 0.3 is 0 Å². The van der Waals surface area contributed by atoms with Crippen LogP contribution in [-0.2, 0) is 10.0 Å². The fourth-order valence-corrected chi connectivity index (χ4v) is 4.16. The van der Waals surface area contributed by atoms with Gasteiger partial charge in [0, 0.05) is 32.4 Å². The maximum absolute atomic E-state index is 13.3. The smallest absolute Gasteiger partial charge is 0.255 e. The normalized spacial score (nSPS) is 16.0. The predicted molar refractivity (Wildman–Crippen MR) is 90.3 cm³/mol. The molecule has 6 nitrogen and oxygen atoms in total. The van der Waals surface area contributed by atoms with Crippen LogP contribution < -0.4 is 0 Å². The number of piperazine rings is 1. The molecule has 1 aromatic carbocycles. The van der Waals surface area contributed by atoms with E-state index in [-0.39, 0.29) is 37.0 Å². The summed E-state index contributed by atoms with van der Waals surface area (Å²) in [5.74, 6) is -0.836. The molecule has 25 heavy (non-hydrogen) atoms.